The number of ether oxygens (including phenoxy) is 1. The summed E-state index contributed by atoms with van der Waals surface area (Å²) in [5, 5.41) is 9.30. The summed E-state index contributed by atoms with van der Waals surface area (Å²) in [6, 6.07) is 0.0817. The molecule has 0 aromatic carbocycles. The van der Waals surface area contributed by atoms with Crippen LogP contribution in [-0.4, -0.2) is 47.0 Å². The minimum Gasteiger partial charge on any atom is -0.481 e. The summed E-state index contributed by atoms with van der Waals surface area (Å²) in [7, 11) is 0. The number of rotatable bonds is 6. The van der Waals surface area contributed by atoms with Crippen molar-refractivity contribution in [1.82, 2.24) is 4.90 Å². The standard InChI is InChI=1S/C15H23NO5/c1-2-21-13(17)9-16(10-7-8-10)14(18)11-5-3-4-6-12(11)15(19)20/h10-12H,2-9H2,1H3,(H,19,20). The van der Waals surface area contributed by atoms with Crippen molar-refractivity contribution >= 4 is 17.8 Å². The number of carbonyl (C=O) groups is 3. The van der Waals surface area contributed by atoms with Crippen molar-refractivity contribution in [2.24, 2.45) is 11.8 Å². The van der Waals surface area contributed by atoms with Gasteiger partial charge in [0, 0.05) is 6.04 Å². The molecule has 6 heteroatoms. The number of amides is 1. The average molecular weight is 297 g/mol. The molecule has 0 aromatic rings. The average Bonchev–Trinajstić information content (AvgIpc) is 3.29. The van der Waals surface area contributed by atoms with E-state index >= 15 is 0 Å². The van der Waals surface area contributed by atoms with E-state index in [9.17, 15) is 19.5 Å². The third kappa shape index (κ3) is 3.95. The van der Waals surface area contributed by atoms with E-state index in [1.54, 1.807) is 11.8 Å². The lowest BCUT2D eigenvalue weighted by Gasteiger charge is -2.32. The second-order valence-corrected chi connectivity index (χ2v) is 5.84. The number of carboxylic acids is 1. The Morgan fingerprint density at radius 1 is 1.10 bits per heavy atom. The molecular weight excluding hydrogens is 274 g/mol. The summed E-state index contributed by atoms with van der Waals surface area (Å²) >= 11 is 0. The predicted octanol–water partition coefficient (Wildman–Crippen LogP) is 1.43. The lowest BCUT2D eigenvalue weighted by molar-refractivity contribution is -0.156. The van der Waals surface area contributed by atoms with Crippen molar-refractivity contribution in [3.05, 3.63) is 0 Å². The molecule has 0 heterocycles. The molecule has 2 aliphatic rings. The largest absolute Gasteiger partial charge is 0.481 e. The molecule has 0 saturated heterocycles. The van der Waals surface area contributed by atoms with E-state index in [2.05, 4.69) is 0 Å². The van der Waals surface area contributed by atoms with Gasteiger partial charge in [0.05, 0.1) is 18.4 Å². The predicted molar refractivity (Wildman–Crippen MR) is 74.5 cm³/mol. The van der Waals surface area contributed by atoms with Gasteiger partial charge in [-0.15, -0.1) is 0 Å². The van der Waals surface area contributed by atoms with Crippen LogP contribution in [0.15, 0.2) is 0 Å². The molecule has 0 aromatic heterocycles. The summed E-state index contributed by atoms with van der Waals surface area (Å²) in [6.45, 7) is 1.95. The minimum absolute atomic E-state index is 0.0554. The van der Waals surface area contributed by atoms with Gasteiger partial charge in [-0.05, 0) is 32.6 Å². The number of carboxylic acid groups (broad SMARTS) is 1. The zero-order valence-corrected chi connectivity index (χ0v) is 12.4. The monoisotopic (exact) mass is 297 g/mol. The van der Waals surface area contributed by atoms with E-state index < -0.39 is 23.8 Å². The van der Waals surface area contributed by atoms with Crippen LogP contribution in [0.1, 0.15) is 45.4 Å². The quantitative estimate of drug-likeness (QED) is 0.750. The van der Waals surface area contributed by atoms with Gasteiger partial charge in [-0.25, -0.2) is 0 Å². The fraction of sp³-hybridized carbons (Fsp3) is 0.800. The van der Waals surface area contributed by atoms with Crippen molar-refractivity contribution in [3.63, 3.8) is 0 Å². The number of nitrogens with zero attached hydrogens (tertiary/aromatic N) is 1. The van der Waals surface area contributed by atoms with Gasteiger partial charge in [-0.1, -0.05) is 12.8 Å². The molecule has 2 fully saturated rings. The Morgan fingerprint density at radius 2 is 1.71 bits per heavy atom. The van der Waals surface area contributed by atoms with E-state index in [4.69, 9.17) is 4.74 Å². The summed E-state index contributed by atoms with van der Waals surface area (Å²) in [5.74, 6) is -2.61. The first-order chi connectivity index (χ1) is 10.0. The van der Waals surface area contributed by atoms with Crippen LogP contribution < -0.4 is 0 Å². The van der Waals surface area contributed by atoms with Gasteiger partial charge in [0.2, 0.25) is 5.91 Å². The lowest BCUT2D eigenvalue weighted by Crippen LogP contribution is -2.45. The van der Waals surface area contributed by atoms with Crippen LogP contribution in [0.2, 0.25) is 0 Å². The molecule has 2 aliphatic carbocycles. The maximum absolute atomic E-state index is 12.7. The third-order valence-corrected chi connectivity index (χ3v) is 4.28. The summed E-state index contributed by atoms with van der Waals surface area (Å²) in [5.41, 5.74) is 0. The van der Waals surface area contributed by atoms with E-state index in [0.717, 1.165) is 25.7 Å². The summed E-state index contributed by atoms with van der Waals surface area (Å²) in [4.78, 5) is 37.2. The Bertz CT molecular complexity index is 418. The third-order valence-electron chi connectivity index (χ3n) is 4.28. The topological polar surface area (TPSA) is 83.9 Å². The van der Waals surface area contributed by atoms with Gasteiger partial charge in [0.25, 0.3) is 0 Å². The first-order valence-electron chi connectivity index (χ1n) is 7.73. The van der Waals surface area contributed by atoms with E-state index in [1.807, 2.05) is 0 Å². The molecule has 21 heavy (non-hydrogen) atoms. The molecule has 2 unspecified atom stereocenters. The van der Waals surface area contributed by atoms with Crippen LogP contribution >= 0.6 is 0 Å². The molecule has 6 nitrogen and oxygen atoms in total. The highest BCUT2D eigenvalue weighted by Gasteiger charge is 2.42. The van der Waals surface area contributed by atoms with Crippen molar-refractivity contribution in [3.8, 4) is 0 Å². The Labute approximate surface area is 124 Å². The molecule has 2 atom stereocenters. The van der Waals surface area contributed by atoms with E-state index in [1.165, 1.54) is 0 Å². The highest BCUT2D eigenvalue weighted by atomic mass is 16.5. The maximum atomic E-state index is 12.7. The van der Waals surface area contributed by atoms with Crippen LogP contribution in [0.3, 0.4) is 0 Å². The maximum Gasteiger partial charge on any atom is 0.325 e. The summed E-state index contributed by atoms with van der Waals surface area (Å²) < 4.78 is 4.91. The van der Waals surface area contributed by atoms with Gasteiger partial charge < -0.3 is 14.7 Å². The van der Waals surface area contributed by atoms with Crippen molar-refractivity contribution in [1.29, 1.82) is 0 Å². The minimum atomic E-state index is -0.903. The number of carbonyl (C=O) groups excluding carboxylic acids is 2. The molecule has 2 rings (SSSR count). The number of aliphatic carboxylic acids is 1. The highest BCUT2D eigenvalue weighted by Crippen LogP contribution is 2.35. The van der Waals surface area contributed by atoms with Crippen molar-refractivity contribution in [2.75, 3.05) is 13.2 Å². The van der Waals surface area contributed by atoms with Crippen LogP contribution in [0.25, 0.3) is 0 Å². The molecule has 2 saturated carbocycles. The van der Waals surface area contributed by atoms with E-state index in [0.29, 0.717) is 12.8 Å². The zero-order chi connectivity index (χ0) is 15.4. The van der Waals surface area contributed by atoms with E-state index in [-0.39, 0.29) is 25.1 Å². The lowest BCUT2D eigenvalue weighted by atomic mass is 9.78. The van der Waals surface area contributed by atoms with Crippen LogP contribution in [0.5, 0.6) is 0 Å². The Morgan fingerprint density at radius 3 is 2.24 bits per heavy atom. The highest BCUT2D eigenvalue weighted by molar-refractivity contribution is 5.88. The van der Waals surface area contributed by atoms with Gasteiger partial charge in [-0.2, -0.15) is 0 Å². The van der Waals surface area contributed by atoms with Gasteiger partial charge in [0.1, 0.15) is 6.54 Å². The number of esters is 1. The molecule has 0 bridgehead atoms. The molecular formula is C15H23NO5. The summed E-state index contributed by atoms with van der Waals surface area (Å²) in [6.07, 6.45) is 4.64. The Balaban J connectivity index is 2.06. The molecule has 0 spiro atoms. The second kappa shape index (κ2) is 6.91. The van der Waals surface area contributed by atoms with Crippen LogP contribution in [-0.2, 0) is 19.1 Å². The van der Waals surface area contributed by atoms with Crippen LogP contribution in [0, 0.1) is 11.8 Å². The first-order valence-corrected chi connectivity index (χ1v) is 7.73. The Hall–Kier alpha value is -1.59. The number of hydrogen-bond donors (Lipinski definition) is 1. The Kier molecular flexibility index (Phi) is 5.20. The molecule has 1 amide bonds. The second-order valence-electron chi connectivity index (χ2n) is 5.84. The van der Waals surface area contributed by atoms with Crippen molar-refractivity contribution < 1.29 is 24.2 Å². The SMILES string of the molecule is CCOC(=O)CN(C(=O)C1CCCCC1C(=O)O)C1CC1. The van der Waals surface area contributed by atoms with Gasteiger partial charge in [0.15, 0.2) is 0 Å². The molecule has 1 N–H and O–H groups in total. The zero-order valence-electron chi connectivity index (χ0n) is 12.4. The number of hydrogen-bond acceptors (Lipinski definition) is 4. The normalized spacial score (nSPS) is 25.2. The van der Waals surface area contributed by atoms with Crippen LogP contribution in [0.4, 0.5) is 0 Å². The molecule has 0 radical (unpaired) electrons. The van der Waals surface area contributed by atoms with Crippen molar-refractivity contribution in [2.45, 2.75) is 51.5 Å². The molecule has 0 aliphatic heterocycles. The first kappa shape index (κ1) is 15.8. The molecule has 118 valence electrons. The van der Waals surface area contributed by atoms with Gasteiger partial charge in [-0.3, -0.25) is 14.4 Å². The fourth-order valence-electron chi connectivity index (χ4n) is 3.05. The fourth-order valence-corrected chi connectivity index (χ4v) is 3.05. The smallest absolute Gasteiger partial charge is 0.325 e. The van der Waals surface area contributed by atoms with Gasteiger partial charge >= 0.3 is 11.9 Å².